The Morgan fingerprint density at radius 2 is 1.50 bits per heavy atom. The zero-order chi connectivity index (χ0) is 22.3. The van der Waals surface area contributed by atoms with E-state index in [-0.39, 0.29) is 0 Å². The highest BCUT2D eigenvalue weighted by Gasteiger charge is 2.35. The first-order chi connectivity index (χ1) is 12.6. The van der Waals surface area contributed by atoms with Crippen LogP contribution >= 0.6 is 34.8 Å². The summed E-state index contributed by atoms with van der Waals surface area (Å²) in [6, 6.07) is -2.44. The standard InChI is InChI=1S/C16H25Cl3N2O7/c1-8(10(13(24)26-6)21-14(25)28-15(3,4)5)11(22)20-9(2)12(23)27-7-16(17,18)19/h8-10H,7H2,1-6H3,(H,20,22)(H,21,25)/t8-,9-,10+/m0/s1. The molecule has 0 fully saturated rings. The van der Waals surface area contributed by atoms with Crippen molar-refractivity contribution in [2.75, 3.05) is 13.7 Å². The fraction of sp³-hybridized carbons (Fsp3) is 0.750. The molecule has 162 valence electrons. The highest BCUT2D eigenvalue weighted by molar-refractivity contribution is 6.67. The molecule has 0 saturated carbocycles. The van der Waals surface area contributed by atoms with Crippen molar-refractivity contribution in [2.45, 2.75) is 56.1 Å². The van der Waals surface area contributed by atoms with Crippen molar-refractivity contribution in [1.29, 1.82) is 0 Å². The summed E-state index contributed by atoms with van der Waals surface area (Å²) >= 11 is 16.5. The molecule has 0 radical (unpaired) electrons. The van der Waals surface area contributed by atoms with Gasteiger partial charge in [-0.15, -0.1) is 0 Å². The van der Waals surface area contributed by atoms with Crippen LogP contribution in [-0.4, -0.2) is 59.1 Å². The molecule has 0 aromatic carbocycles. The number of methoxy groups -OCH3 is 1. The summed E-state index contributed by atoms with van der Waals surface area (Å²) in [6.07, 6.45) is -0.905. The molecule has 0 aromatic heterocycles. The van der Waals surface area contributed by atoms with E-state index >= 15 is 0 Å². The van der Waals surface area contributed by atoms with Crippen LogP contribution in [0, 0.1) is 5.92 Å². The van der Waals surface area contributed by atoms with E-state index in [2.05, 4.69) is 15.4 Å². The zero-order valence-corrected chi connectivity index (χ0v) is 18.7. The lowest BCUT2D eigenvalue weighted by Crippen LogP contribution is -2.53. The van der Waals surface area contributed by atoms with Crippen LogP contribution in [0.15, 0.2) is 0 Å². The number of halogens is 3. The summed E-state index contributed by atoms with van der Waals surface area (Å²) in [5.74, 6) is -3.52. The summed E-state index contributed by atoms with van der Waals surface area (Å²) in [5.41, 5.74) is -0.809. The van der Waals surface area contributed by atoms with Crippen molar-refractivity contribution < 1.29 is 33.4 Å². The van der Waals surface area contributed by atoms with Gasteiger partial charge in [0.05, 0.1) is 13.0 Å². The monoisotopic (exact) mass is 462 g/mol. The topological polar surface area (TPSA) is 120 Å². The van der Waals surface area contributed by atoms with E-state index in [0.717, 1.165) is 7.11 Å². The predicted octanol–water partition coefficient (Wildman–Crippen LogP) is 2.11. The third-order valence-corrected chi connectivity index (χ3v) is 3.46. The maximum Gasteiger partial charge on any atom is 0.408 e. The molecule has 0 aliphatic carbocycles. The van der Waals surface area contributed by atoms with E-state index in [1.807, 2.05) is 0 Å². The Kier molecular flexibility index (Phi) is 10.4. The molecule has 28 heavy (non-hydrogen) atoms. The minimum absolute atomic E-state index is 0.503. The molecule has 0 bridgehead atoms. The lowest BCUT2D eigenvalue weighted by molar-refractivity contribution is -0.149. The summed E-state index contributed by atoms with van der Waals surface area (Å²) in [5, 5.41) is 4.64. The molecule has 0 heterocycles. The molecule has 2 amide bonds. The van der Waals surface area contributed by atoms with Gasteiger partial charge in [0.15, 0.2) is 0 Å². The van der Waals surface area contributed by atoms with E-state index < -0.39 is 57.9 Å². The number of hydrogen-bond donors (Lipinski definition) is 2. The second-order valence-corrected chi connectivity index (χ2v) is 9.40. The van der Waals surface area contributed by atoms with Gasteiger partial charge in [0.1, 0.15) is 24.3 Å². The molecule has 0 rings (SSSR count). The summed E-state index contributed by atoms with van der Waals surface area (Å²) in [6.45, 7) is 7.13. The van der Waals surface area contributed by atoms with Gasteiger partial charge in [-0.05, 0) is 27.7 Å². The van der Waals surface area contributed by atoms with Crippen molar-refractivity contribution >= 4 is 58.7 Å². The molecule has 3 atom stereocenters. The van der Waals surface area contributed by atoms with Gasteiger partial charge in [-0.2, -0.15) is 0 Å². The normalized spacial score (nSPS) is 14.9. The van der Waals surface area contributed by atoms with Gasteiger partial charge in [0.2, 0.25) is 9.70 Å². The molecular formula is C16H25Cl3N2O7. The van der Waals surface area contributed by atoms with E-state index in [0.29, 0.717) is 0 Å². The minimum Gasteiger partial charge on any atom is -0.467 e. The number of alkyl halides is 3. The number of carbonyl (C=O) groups excluding carboxylic acids is 4. The van der Waals surface area contributed by atoms with Crippen molar-refractivity contribution in [2.24, 2.45) is 5.92 Å². The fourth-order valence-electron chi connectivity index (χ4n) is 1.78. The van der Waals surface area contributed by atoms with E-state index in [1.54, 1.807) is 20.8 Å². The molecular weight excluding hydrogens is 439 g/mol. The third kappa shape index (κ3) is 10.8. The molecule has 2 N–H and O–H groups in total. The average molecular weight is 464 g/mol. The van der Waals surface area contributed by atoms with E-state index in [9.17, 15) is 19.2 Å². The number of rotatable bonds is 7. The van der Waals surface area contributed by atoms with Crippen LogP contribution in [0.1, 0.15) is 34.6 Å². The van der Waals surface area contributed by atoms with Crippen LogP contribution in [0.4, 0.5) is 4.79 Å². The van der Waals surface area contributed by atoms with Gasteiger partial charge >= 0.3 is 18.0 Å². The summed E-state index contributed by atoms with van der Waals surface area (Å²) in [7, 11) is 1.10. The highest BCUT2D eigenvalue weighted by atomic mass is 35.6. The van der Waals surface area contributed by atoms with Gasteiger partial charge in [-0.1, -0.05) is 41.7 Å². The van der Waals surface area contributed by atoms with Crippen LogP contribution in [0.2, 0.25) is 0 Å². The Hall–Kier alpha value is -1.45. The molecule has 9 nitrogen and oxygen atoms in total. The zero-order valence-electron chi connectivity index (χ0n) is 16.4. The summed E-state index contributed by atoms with van der Waals surface area (Å²) in [4.78, 5) is 48.2. The van der Waals surface area contributed by atoms with Crippen LogP contribution in [0.5, 0.6) is 0 Å². The first-order valence-electron chi connectivity index (χ1n) is 8.18. The van der Waals surface area contributed by atoms with Crippen LogP contribution in [-0.2, 0) is 28.6 Å². The second kappa shape index (κ2) is 10.9. The third-order valence-electron chi connectivity index (χ3n) is 3.13. The van der Waals surface area contributed by atoms with E-state index in [1.165, 1.54) is 13.8 Å². The number of carbonyl (C=O) groups is 4. The first kappa shape index (κ1) is 26.6. The van der Waals surface area contributed by atoms with Gasteiger partial charge in [0.25, 0.3) is 0 Å². The molecule has 0 aromatic rings. The van der Waals surface area contributed by atoms with Crippen molar-refractivity contribution in [3.05, 3.63) is 0 Å². The number of alkyl carbamates (subject to hydrolysis) is 1. The van der Waals surface area contributed by atoms with Gasteiger partial charge in [-0.25, -0.2) is 14.4 Å². The SMILES string of the molecule is COC(=O)[C@H](NC(=O)OC(C)(C)C)[C@H](C)C(=O)N[C@@H](C)C(=O)OCC(Cl)(Cl)Cl. The Morgan fingerprint density at radius 3 is 1.93 bits per heavy atom. The Balaban J connectivity index is 5.00. The van der Waals surface area contributed by atoms with Crippen LogP contribution in [0.25, 0.3) is 0 Å². The highest BCUT2D eigenvalue weighted by Crippen LogP contribution is 2.26. The minimum atomic E-state index is -1.79. The lowest BCUT2D eigenvalue weighted by Gasteiger charge is -2.26. The molecule has 0 aliphatic heterocycles. The smallest absolute Gasteiger partial charge is 0.408 e. The van der Waals surface area contributed by atoms with Crippen LogP contribution < -0.4 is 10.6 Å². The van der Waals surface area contributed by atoms with Gasteiger partial charge in [-0.3, -0.25) is 4.79 Å². The van der Waals surface area contributed by atoms with Crippen molar-refractivity contribution in [1.82, 2.24) is 10.6 Å². The number of nitrogens with one attached hydrogen (secondary N) is 2. The number of hydrogen-bond acceptors (Lipinski definition) is 7. The Morgan fingerprint density at radius 1 is 0.964 bits per heavy atom. The van der Waals surface area contributed by atoms with Gasteiger partial charge < -0.3 is 24.8 Å². The second-order valence-electron chi connectivity index (χ2n) is 6.89. The lowest BCUT2D eigenvalue weighted by atomic mass is 10.0. The first-order valence-corrected chi connectivity index (χ1v) is 9.32. The molecule has 0 spiro atoms. The number of ether oxygens (including phenoxy) is 3. The summed E-state index contributed by atoms with van der Waals surface area (Å²) < 4.78 is 12.7. The van der Waals surface area contributed by atoms with Crippen molar-refractivity contribution in [3.8, 4) is 0 Å². The Bertz CT molecular complexity index is 588. The number of amides is 2. The fourth-order valence-corrected chi connectivity index (χ4v) is 1.95. The maximum absolute atomic E-state index is 12.4. The molecule has 0 aliphatic rings. The molecule has 12 heteroatoms. The largest absolute Gasteiger partial charge is 0.467 e. The maximum atomic E-state index is 12.4. The predicted molar refractivity (Wildman–Crippen MR) is 103 cm³/mol. The van der Waals surface area contributed by atoms with E-state index in [4.69, 9.17) is 44.3 Å². The van der Waals surface area contributed by atoms with Crippen LogP contribution in [0.3, 0.4) is 0 Å². The van der Waals surface area contributed by atoms with Crippen molar-refractivity contribution in [3.63, 3.8) is 0 Å². The number of esters is 2. The quantitative estimate of drug-likeness (QED) is 0.337. The molecule has 0 saturated heterocycles. The average Bonchev–Trinajstić information content (AvgIpc) is 2.53. The van der Waals surface area contributed by atoms with Gasteiger partial charge in [0, 0.05) is 0 Å². The molecule has 0 unspecified atom stereocenters. The Labute approximate surface area is 178 Å².